The maximum Gasteiger partial charge on any atom is 0.251 e. The summed E-state index contributed by atoms with van der Waals surface area (Å²) >= 11 is 0. The molecule has 0 aliphatic carbocycles. The minimum atomic E-state index is -0.176. The summed E-state index contributed by atoms with van der Waals surface area (Å²) in [6.45, 7) is 0.794. The van der Waals surface area contributed by atoms with Crippen LogP contribution in [0.4, 0.5) is 0 Å². The summed E-state index contributed by atoms with van der Waals surface area (Å²) in [5, 5.41) is 2.93. The zero-order chi connectivity index (χ0) is 19.5. The number of carbonyl (C=O) groups excluding carboxylic acids is 1. The fourth-order valence-electron chi connectivity index (χ4n) is 3.24. The molecule has 1 aliphatic rings. The molecule has 1 N–H and O–H groups in total. The van der Waals surface area contributed by atoms with E-state index in [-0.39, 0.29) is 5.91 Å². The Kier molecular flexibility index (Phi) is 4.85. The van der Waals surface area contributed by atoms with Gasteiger partial charge in [-0.05, 0) is 42.0 Å². The zero-order valence-corrected chi connectivity index (χ0v) is 15.7. The van der Waals surface area contributed by atoms with E-state index in [1.807, 2.05) is 24.3 Å². The molecule has 1 aromatic heterocycles. The Morgan fingerprint density at radius 3 is 2.82 bits per heavy atom. The Labute approximate surface area is 163 Å². The molecule has 0 bridgehead atoms. The highest BCUT2D eigenvalue weighted by atomic mass is 16.5. The van der Waals surface area contributed by atoms with Crippen LogP contribution < -0.4 is 19.5 Å². The number of carbonyl (C=O) groups is 1. The predicted octanol–water partition coefficient (Wildman–Crippen LogP) is 3.59. The SMILES string of the molecule is COc1ccc(CNC(=O)c2ccc3c(c2)OCc2cnccc2-3)c(OC)c1. The first kappa shape index (κ1) is 17.9. The van der Waals surface area contributed by atoms with Crippen LogP contribution in [0, 0.1) is 0 Å². The molecular formula is C22H20N2O4. The molecule has 1 amide bonds. The van der Waals surface area contributed by atoms with E-state index >= 15 is 0 Å². The normalized spacial score (nSPS) is 11.6. The van der Waals surface area contributed by atoms with Gasteiger partial charge in [-0.2, -0.15) is 0 Å². The van der Waals surface area contributed by atoms with Gasteiger partial charge >= 0.3 is 0 Å². The van der Waals surface area contributed by atoms with E-state index in [2.05, 4.69) is 10.3 Å². The monoisotopic (exact) mass is 376 g/mol. The van der Waals surface area contributed by atoms with Gasteiger partial charge in [0, 0.05) is 47.3 Å². The maximum absolute atomic E-state index is 12.6. The quantitative estimate of drug-likeness (QED) is 0.737. The fraction of sp³-hybridized carbons (Fsp3) is 0.182. The van der Waals surface area contributed by atoms with Crippen molar-refractivity contribution in [2.45, 2.75) is 13.2 Å². The van der Waals surface area contributed by atoms with Gasteiger partial charge in [-0.15, -0.1) is 0 Å². The first-order chi connectivity index (χ1) is 13.7. The van der Waals surface area contributed by atoms with Crippen LogP contribution in [-0.4, -0.2) is 25.1 Å². The third kappa shape index (κ3) is 3.36. The molecule has 28 heavy (non-hydrogen) atoms. The van der Waals surface area contributed by atoms with Gasteiger partial charge in [0.15, 0.2) is 0 Å². The third-order valence-corrected chi connectivity index (χ3v) is 4.75. The summed E-state index contributed by atoms with van der Waals surface area (Å²) in [6, 6.07) is 13.0. The van der Waals surface area contributed by atoms with Crippen molar-refractivity contribution in [2.24, 2.45) is 0 Å². The fourth-order valence-corrected chi connectivity index (χ4v) is 3.24. The van der Waals surface area contributed by atoms with Crippen LogP contribution in [0.1, 0.15) is 21.5 Å². The lowest BCUT2D eigenvalue weighted by atomic mass is 9.97. The molecule has 0 fully saturated rings. The molecule has 3 aromatic rings. The van der Waals surface area contributed by atoms with Crippen LogP contribution in [0.2, 0.25) is 0 Å². The van der Waals surface area contributed by atoms with E-state index in [4.69, 9.17) is 14.2 Å². The molecule has 0 radical (unpaired) electrons. The van der Waals surface area contributed by atoms with Crippen molar-refractivity contribution >= 4 is 5.91 Å². The topological polar surface area (TPSA) is 69.7 Å². The second-order valence-corrected chi connectivity index (χ2v) is 6.39. The van der Waals surface area contributed by atoms with E-state index in [9.17, 15) is 4.79 Å². The lowest BCUT2D eigenvalue weighted by Gasteiger charge is -2.20. The molecule has 0 spiro atoms. The van der Waals surface area contributed by atoms with Crippen LogP contribution in [0.25, 0.3) is 11.1 Å². The number of hydrogen-bond acceptors (Lipinski definition) is 5. The lowest BCUT2D eigenvalue weighted by molar-refractivity contribution is 0.0950. The number of fused-ring (bicyclic) bond motifs is 3. The average Bonchev–Trinajstić information content (AvgIpc) is 2.76. The molecular weight excluding hydrogens is 356 g/mol. The summed E-state index contributed by atoms with van der Waals surface area (Å²) in [4.78, 5) is 16.8. The largest absolute Gasteiger partial charge is 0.497 e. The molecule has 6 nitrogen and oxygen atoms in total. The van der Waals surface area contributed by atoms with E-state index < -0.39 is 0 Å². The van der Waals surface area contributed by atoms with Gasteiger partial charge < -0.3 is 19.5 Å². The van der Waals surface area contributed by atoms with Crippen LogP contribution >= 0.6 is 0 Å². The Hall–Kier alpha value is -3.54. The lowest BCUT2D eigenvalue weighted by Crippen LogP contribution is -2.23. The highest BCUT2D eigenvalue weighted by Crippen LogP contribution is 2.37. The number of hydrogen-bond donors (Lipinski definition) is 1. The summed E-state index contributed by atoms with van der Waals surface area (Å²) < 4.78 is 16.4. The number of nitrogens with zero attached hydrogens (tertiary/aromatic N) is 1. The van der Waals surface area contributed by atoms with Gasteiger partial charge in [0.2, 0.25) is 0 Å². The van der Waals surface area contributed by atoms with Gasteiger partial charge in [0.05, 0.1) is 14.2 Å². The van der Waals surface area contributed by atoms with Crippen molar-refractivity contribution in [1.82, 2.24) is 10.3 Å². The van der Waals surface area contributed by atoms with Crippen molar-refractivity contribution in [3.05, 3.63) is 71.5 Å². The van der Waals surface area contributed by atoms with E-state index in [0.29, 0.717) is 36.0 Å². The Bertz CT molecular complexity index is 1030. The number of benzene rings is 2. The summed E-state index contributed by atoms with van der Waals surface area (Å²) in [7, 11) is 3.19. The first-order valence-corrected chi connectivity index (χ1v) is 8.89. The molecule has 4 rings (SSSR count). The van der Waals surface area contributed by atoms with Crippen molar-refractivity contribution in [3.8, 4) is 28.4 Å². The van der Waals surface area contributed by atoms with Crippen molar-refractivity contribution < 1.29 is 19.0 Å². The second-order valence-electron chi connectivity index (χ2n) is 6.39. The highest BCUT2D eigenvalue weighted by molar-refractivity contribution is 5.95. The van der Waals surface area contributed by atoms with Gasteiger partial charge in [-0.25, -0.2) is 0 Å². The molecule has 0 saturated heterocycles. The molecule has 2 aromatic carbocycles. The number of nitrogens with one attached hydrogen (secondary N) is 1. The van der Waals surface area contributed by atoms with Crippen LogP contribution in [0.3, 0.4) is 0 Å². The maximum atomic E-state index is 12.6. The van der Waals surface area contributed by atoms with E-state index in [1.54, 1.807) is 44.8 Å². The van der Waals surface area contributed by atoms with Crippen molar-refractivity contribution in [3.63, 3.8) is 0 Å². The van der Waals surface area contributed by atoms with E-state index in [0.717, 1.165) is 22.3 Å². The third-order valence-electron chi connectivity index (χ3n) is 4.75. The number of amides is 1. The molecule has 0 atom stereocenters. The number of ether oxygens (including phenoxy) is 3. The Balaban J connectivity index is 1.51. The predicted molar refractivity (Wildman–Crippen MR) is 105 cm³/mol. The van der Waals surface area contributed by atoms with Crippen LogP contribution in [0.5, 0.6) is 17.2 Å². The van der Waals surface area contributed by atoms with Crippen LogP contribution in [0.15, 0.2) is 54.9 Å². The minimum Gasteiger partial charge on any atom is -0.497 e. The Morgan fingerprint density at radius 1 is 1.11 bits per heavy atom. The number of rotatable bonds is 5. The standard InChI is InChI=1S/C22H20N2O4/c1-26-17-5-3-15(20(10-17)27-2)12-24-22(25)14-4-6-19-18-7-8-23-11-16(18)13-28-21(19)9-14/h3-11H,12-13H2,1-2H3,(H,24,25). The minimum absolute atomic E-state index is 0.176. The number of pyridine rings is 1. The van der Waals surface area contributed by atoms with Gasteiger partial charge in [0.1, 0.15) is 23.9 Å². The Morgan fingerprint density at radius 2 is 2.00 bits per heavy atom. The van der Waals surface area contributed by atoms with Gasteiger partial charge in [-0.3, -0.25) is 9.78 Å². The summed E-state index contributed by atoms with van der Waals surface area (Å²) in [6.07, 6.45) is 3.57. The molecule has 142 valence electrons. The number of methoxy groups -OCH3 is 2. The smallest absolute Gasteiger partial charge is 0.251 e. The van der Waals surface area contributed by atoms with Gasteiger partial charge in [0.25, 0.3) is 5.91 Å². The molecule has 0 saturated carbocycles. The highest BCUT2D eigenvalue weighted by Gasteiger charge is 2.19. The second kappa shape index (κ2) is 7.60. The summed E-state index contributed by atoms with van der Waals surface area (Å²) in [5.41, 5.74) is 4.51. The van der Waals surface area contributed by atoms with Crippen LogP contribution in [-0.2, 0) is 13.2 Å². The molecule has 0 unspecified atom stereocenters. The first-order valence-electron chi connectivity index (χ1n) is 8.89. The zero-order valence-electron chi connectivity index (χ0n) is 15.7. The van der Waals surface area contributed by atoms with Gasteiger partial charge in [-0.1, -0.05) is 0 Å². The molecule has 2 heterocycles. The molecule has 1 aliphatic heterocycles. The van der Waals surface area contributed by atoms with Crippen molar-refractivity contribution in [2.75, 3.05) is 14.2 Å². The van der Waals surface area contributed by atoms with Crippen molar-refractivity contribution in [1.29, 1.82) is 0 Å². The molecule has 6 heteroatoms. The average molecular weight is 376 g/mol. The summed E-state index contributed by atoms with van der Waals surface area (Å²) in [5.74, 6) is 1.89. The van der Waals surface area contributed by atoms with E-state index in [1.165, 1.54) is 0 Å². The number of aromatic nitrogens is 1.